The van der Waals surface area contributed by atoms with Crippen LogP contribution in [0.3, 0.4) is 0 Å². The molecular formula is C18H19NO4. The molecule has 3 rings (SSSR count). The monoisotopic (exact) mass is 313 g/mol. The van der Waals surface area contributed by atoms with E-state index in [0.29, 0.717) is 18.5 Å². The van der Waals surface area contributed by atoms with Gasteiger partial charge >= 0.3 is 5.97 Å². The summed E-state index contributed by atoms with van der Waals surface area (Å²) in [6, 6.07) is 6.13. The summed E-state index contributed by atoms with van der Waals surface area (Å²) in [5.41, 5.74) is 0.0775. The zero-order valence-electron chi connectivity index (χ0n) is 12.6. The van der Waals surface area contributed by atoms with Gasteiger partial charge in [-0.15, -0.1) is 6.58 Å². The number of carboxylic acid groups (broad SMARTS) is 1. The lowest BCUT2D eigenvalue weighted by Gasteiger charge is -2.33. The van der Waals surface area contributed by atoms with Crippen LogP contribution in [0.1, 0.15) is 12.8 Å². The van der Waals surface area contributed by atoms with Crippen LogP contribution in [0.15, 0.2) is 49.1 Å². The van der Waals surface area contributed by atoms with E-state index in [4.69, 9.17) is 0 Å². The molecule has 1 amide bonds. The van der Waals surface area contributed by atoms with E-state index in [1.54, 1.807) is 18.2 Å². The average Bonchev–Trinajstić information content (AvgIpc) is 3.05. The predicted octanol–water partition coefficient (Wildman–Crippen LogP) is 2.80. The lowest BCUT2D eigenvalue weighted by molar-refractivity contribution is -0.147. The fourth-order valence-corrected chi connectivity index (χ4v) is 4.03. The third-order valence-electron chi connectivity index (χ3n) is 4.96. The molecule has 0 aliphatic heterocycles. The highest BCUT2D eigenvalue weighted by molar-refractivity contribution is 5.97. The van der Waals surface area contributed by atoms with Crippen molar-refractivity contribution >= 4 is 17.6 Å². The lowest BCUT2D eigenvalue weighted by Crippen LogP contribution is -2.41. The van der Waals surface area contributed by atoms with Crippen LogP contribution in [0.4, 0.5) is 5.69 Å². The van der Waals surface area contributed by atoms with Gasteiger partial charge in [-0.05, 0) is 43.0 Å². The highest BCUT2D eigenvalue weighted by Gasteiger charge is 2.59. The van der Waals surface area contributed by atoms with Crippen molar-refractivity contribution in [1.29, 1.82) is 0 Å². The normalized spacial score (nSPS) is 31.0. The number of hydrogen-bond acceptors (Lipinski definition) is 3. The molecule has 0 radical (unpaired) electrons. The van der Waals surface area contributed by atoms with E-state index < -0.39 is 23.2 Å². The Morgan fingerprint density at radius 1 is 1.35 bits per heavy atom. The Kier molecular flexibility index (Phi) is 3.72. The van der Waals surface area contributed by atoms with E-state index >= 15 is 0 Å². The number of benzene rings is 1. The summed E-state index contributed by atoms with van der Waals surface area (Å²) >= 11 is 0. The highest BCUT2D eigenvalue weighted by atomic mass is 16.4. The topological polar surface area (TPSA) is 86.6 Å². The zero-order chi connectivity index (χ0) is 16.6. The largest absolute Gasteiger partial charge is 0.508 e. The fourth-order valence-electron chi connectivity index (χ4n) is 4.03. The van der Waals surface area contributed by atoms with Crippen molar-refractivity contribution in [2.75, 3.05) is 5.32 Å². The average molecular weight is 313 g/mol. The van der Waals surface area contributed by atoms with Crippen molar-refractivity contribution in [3.63, 3.8) is 0 Å². The number of hydrogen-bond donors (Lipinski definition) is 3. The Bertz CT molecular complexity index is 679. The van der Waals surface area contributed by atoms with Gasteiger partial charge in [-0.2, -0.15) is 0 Å². The van der Waals surface area contributed by atoms with Gasteiger partial charge in [0.25, 0.3) is 0 Å². The van der Waals surface area contributed by atoms with Gasteiger partial charge in [-0.1, -0.05) is 18.2 Å². The smallest absolute Gasteiger partial charge is 0.307 e. The molecule has 4 unspecified atom stereocenters. The van der Waals surface area contributed by atoms with Crippen LogP contribution in [0.2, 0.25) is 0 Å². The third-order valence-corrected chi connectivity index (χ3v) is 4.96. The van der Waals surface area contributed by atoms with Crippen LogP contribution in [0.25, 0.3) is 0 Å². The standard InChI is InChI=1S/C18H19NO4/c1-2-8-18-9-7-11(10-18)14(17(22)23)15(18)16(21)19-12-3-5-13(20)6-4-12/h2-7,9,11,14-15,20H,1,8,10H2,(H,19,21)(H,22,23). The summed E-state index contributed by atoms with van der Waals surface area (Å²) in [4.78, 5) is 24.5. The molecule has 2 bridgehead atoms. The molecule has 23 heavy (non-hydrogen) atoms. The van der Waals surface area contributed by atoms with Gasteiger partial charge in [0.05, 0.1) is 11.8 Å². The number of fused-ring (bicyclic) bond motifs is 2. The predicted molar refractivity (Wildman–Crippen MR) is 85.8 cm³/mol. The number of amides is 1. The summed E-state index contributed by atoms with van der Waals surface area (Å²) < 4.78 is 0. The summed E-state index contributed by atoms with van der Waals surface area (Å²) in [5, 5.41) is 21.7. The molecule has 3 N–H and O–H groups in total. The van der Waals surface area contributed by atoms with Gasteiger partial charge in [0, 0.05) is 11.1 Å². The van der Waals surface area contributed by atoms with E-state index in [-0.39, 0.29) is 17.6 Å². The quantitative estimate of drug-likeness (QED) is 0.576. The maximum atomic E-state index is 12.8. The van der Waals surface area contributed by atoms with E-state index in [1.807, 2.05) is 12.2 Å². The molecular weight excluding hydrogens is 294 g/mol. The number of anilines is 1. The molecule has 5 nitrogen and oxygen atoms in total. The number of aromatic hydroxyl groups is 1. The second-order valence-electron chi connectivity index (χ2n) is 6.33. The van der Waals surface area contributed by atoms with E-state index in [1.165, 1.54) is 12.1 Å². The molecule has 0 aromatic heterocycles. The van der Waals surface area contributed by atoms with Crippen LogP contribution in [0, 0.1) is 23.2 Å². The highest BCUT2D eigenvalue weighted by Crippen LogP contribution is 2.58. The Hall–Kier alpha value is -2.56. The minimum absolute atomic E-state index is 0.108. The van der Waals surface area contributed by atoms with E-state index in [0.717, 1.165) is 0 Å². The van der Waals surface area contributed by atoms with Gasteiger partial charge in [0.2, 0.25) is 5.91 Å². The first-order chi connectivity index (χ1) is 11.0. The minimum atomic E-state index is -0.934. The number of allylic oxidation sites excluding steroid dienone is 3. The van der Waals surface area contributed by atoms with Crippen LogP contribution >= 0.6 is 0 Å². The maximum Gasteiger partial charge on any atom is 0.307 e. The molecule has 1 fully saturated rings. The van der Waals surface area contributed by atoms with Gasteiger partial charge in [0.1, 0.15) is 5.75 Å². The van der Waals surface area contributed by atoms with Crippen LogP contribution in [-0.4, -0.2) is 22.1 Å². The van der Waals surface area contributed by atoms with E-state index in [9.17, 15) is 19.8 Å². The van der Waals surface area contributed by atoms with Gasteiger partial charge in [-0.25, -0.2) is 0 Å². The molecule has 0 spiro atoms. The van der Waals surface area contributed by atoms with Gasteiger partial charge < -0.3 is 15.5 Å². The molecule has 1 aromatic carbocycles. The first kappa shape index (κ1) is 15.3. The number of nitrogens with one attached hydrogen (secondary N) is 1. The van der Waals surface area contributed by atoms with Crippen molar-refractivity contribution in [3.05, 3.63) is 49.1 Å². The van der Waals surface area contributed by atoms with E-state index in [2.05, 4.69) is 11.9 Å². The maximum absolute atomic E-state index is 12.8. The molecule has 120 valence electrons. The molecule has 2 aliphatic carbocycles. The summed E-state index contributed by atoms with van der Waals surface area (Å²) in [7, 11) is 0. The third kappa shape index (κ3) is 2.52. The number of phenols is 1. The molecule has 1 saturated carbocycles. The van der Waals surface area contributed by atoms with Gasteiger partial charge in [0.15, 0.2) is 0 Å². The van der Waals surface area contributed by atoms with Crippen molar-refractivity contribution in [1.82, 2.24) is 0 Å². The minimum Gasteiger partial charge on any atom is -0.508 e. The number of phenolic OH excluding ortho intramolecular Hbond substituents is 1. The Morgan fingerprint density at radius 3 is 2.65 bits per heavy atom. The number of aliphatic carboxylic acids is 1. The van der Waals surface area contributed by atoms with Crippen molar-refractivity contribution in [2.24, 2.45) is 23.2 Å². The Labute approximate surface area is 134 Å². The first-order valence-corrected chi connectivity index (χ1v) is 7.60. The summed E-state index contributed by atoms with van der Waals surface area (Å²) in [6.07, 6.45) is 6.91. The summed E-state index contributed by atoms with van der Waals surface area (Å²) in [6.45, 7) is 3.75. The molecule has 1 aromatic rings. The molecule has 5 heteroatoms. The number of carboxylic acids is 1. The molecule has 0 saturated heterocycles. The Balaban J connectivity index is 1.89. The second-order valence-corrected chi connectivity index (χ2v) is 6.33. The number of carbonyl (C=O) groups excluding carboxylic acids is 1. The first-order valence-electron chi connectivity index (χ1n) is 7.60. The lowest BCUT2D eigenvalue weighted by atomic mass is 9.71. The molecule has 4 atom stereocenters. The molecule has 2 aliphatic rings. The fraction of sp³-hybridized carbons (Fsp3) is 0.333. The van der Waals surface area contributed by atoms with Crippen molar-refractivity contribution < 1.29 is 19.8 Å². The van der Waals surface area contributed by atoms with Crippen molar-refractivity contribution in [3.8, 4) is 5.75 Å². The van der Waals surface area contributed by atoms with Crippen molar-refractivity contribution in [2.45, 2.75) is 12.8 Å². The zero-order valence-corrected chi connectivity index (χ0v) is 12.6. The van der Waals surface area contributed by atoms with Gasteiger partial charge in [-0.3, -0.25) is 9.59 Å². The van der Waals surface area contributed by atoms with Crippen LogP contribution < -0.4 is 5.32 Å². The number of rotatable bonds is 5. The number of carbonyl (C=O) groups is 2. The summed E-state index contributed by atoms with van der Waals surface area (Å²) in [5.74, 6) is -2.56. The second kappa shape index (κ2) is 5.57. The SMILES string of the molecule is C=CCC12C=CC(C1)C(C(=O)O)C2C(=O)Nc1ccc(O)cc1. The van der Waals surface area contributed by atoms with Crippen LogP contribution in [0.5, 0.6) is 5.75 Å². The van der Waals surface area contributed by atoms with Crippen LogP contribution in [-0.2, 0) is 9.59 Å². The molecule has 0 heterocycles. The Morgan fingerprint density at radius 2 is 2.04 bits per heavy atom.